The van der Waals surface area contributed by atoms with Gasteiger partial charge in [0, 0.05) is 17.7 Å². The number of aromatic nitrogens is 2. The second-order valence-corrected chi connectivity index (χ2v) is 5.88. The van der Waals surface area contributed by atoms with Gasteiger partial charge in [-0.1, -0.05) is 5.16 Å². The van der Waals surface area contributed by atoms with E-state index in [1.54, 1.807) is 19.1 Å². The summed E-state index contributed by atoms with van der Waals surface area (Å²) in [7, 11) is 0. The smallest absolute Gasteiger partial charge is 0.257 e. The van der Waals surface area contributed by atoms with Gasteiger partial charge in [0.05, 0.1) is 0 Å². The maximum absolute atomic E-state index is 12.1. The molecule has 0 saturated carbocycles. The molecular formula is C17H22N4O2. The number of benzene rings is 1. The van der Waals surface area contributed by atoms with Gasteiger partial charge in [-0.05, 0) is 70.1 Å². The SMILES string of the molecule is Cc1noc(-c2ccc(C(=O)NCCCN3CCCC3)cc2)n1. The molecule has 1 aliphatic rings. The van der Waals surface area contributed by atoms with Crippen LogP contribution < -0.4 is 5.32 Å². The third-order valence-corrected chi connectivity index (χ3v) is 4.06. The molecule has 122 valence electrons. The van der Waals surface area contributed by atoms with Crippen molar-refractivity contribution in [1.29, 1.82) is 0 Å². The van der Waals surface area contributed by atoms with Gasteiger partial charge >= 0.3 is 0 Å². The fourth-order valence-electron chi connectivity index (χ4n) is 2.79. The molecule has 0 spiro atoms. The van der Waals surface area contributed by atoms with E-state index >= 15 is 0 Å². The van der Waals surface area contributed by atoms with Crippen LogP contribution in [0.15, 0.2) is 28.8 Å². The van der Waals surface area contributed by atoms with Crippen molar-refractivity contribution in [1.82, 2.24) is 20.4 Å². The molecule has 2 heterocycles. The summed E-state index contributed by atoms with van der Waals surface area (Å²) in [5, 5.41) is 6.73. The number of carbonyl (C=O) groups excluding carboxylic acids is 1. The molecule has 2 aromatic rings. The maximum Gasteiger partial charge on any atom is 0.257 e. The summed E-state index contributed by atoms with van der Waals surface area (Å²) in [5.74, 6) is 1.03. The average Bonchev–Trinajstić information content (AvgIpc) is 3.23. The van der Waals surface area contributed by atoms with Crippen LogP contribution in [0.1, 0.15) is 35.4 Å². The number of nitrogens with zero attached hydrogens (tertiary/aromatic N) is 3. The molecule has 3 rings (SSSR count). The standard InChI is InChI=1S/C17H22N4O2/c1-13-19-17(23-20-13)15-7-5-14(6-8-15)16(22)18-9-4-12-21-10-2-3-11-21/h5-8H,2-4,9-12H2,1H3,(H,18,22). The van der Waals surface area contributed by atoms with Crippen molar-refractivity contribution in [3.8, 4) is 11.5 Å². The number of aryl methyl sites for hydroxylation is 1. The van der Waals surface area contributed by atoms with Crippen molar-refractivity contribution in [3.05, 3.63) is 35.7 Å². The van der Waals surface area contributed by atoms with Crippen LogP contribution in [0, 0.1) is 6.92 Å². The highest BCUT2D eigenvalue weighted by Gasteiger charge is 2.11. The normalized spacial score (nSPS) is 15.0. The number of nitrogens with one attached hydrogen (secondary N) is 1. The minimum absolute atomic E-state index is 0.0420. The van der Waals surface area contributed by atoms with Gasteiger partial charge in [0.25, 0.3) is 11.8 Å². The molecule has 0 atom stereocenters. The zero-order valence-electron chi connectivity index (χ0n) is 13.4. The third-order valence-electron chi connectivity index (χ3n) is 4.06. The van der Waals surface area contributed by atoms with E-state index in [1.165, 1.54) is 25.9 Å². The number of amides is 1. The summed E-state index contributed by atoms with van der Waals surface area (Å²) in [6.45, 7) is 5.95. The molecule has 1 fully saturated rings. The molecule has 1 saturated heterocycles. The van der Waals surface area contributed by atoms with Crippen molar-refractivity contribution < 1.29 is 9.32 Å². The van der Waals surface area contributed by atoms with Crippen molar-refractivity contribution in [2.45, 2.75) is 26.2 Å². The monoisotopic (exact) mass is 314 g/mol. The van der Waals surface area contributed by atoms with Gasteiger partial charge in [-0.3, -0.25) is 4.79 Å². The van der Waals surface area contributed by atoms with Gasteiger partial charge in [0.1, 0.15) is 0 Å². The van der Waals surface area contributed by atoms with E-state index in [2.05, 4.69) is 20.4 Å². The predicted octanol–water partition coefficient (Wildman–Crippen LogP) is 2.26. The summed E-state index contributed by atoms with van der Waals surface area (Å²) < 4.78 is 5.11. The maximum atomic E-state index is 12.1. The molecule has 0 bridgehead atoms. The molecule has 23 heavy (non-hydrogen) atoms. The van der Waals surface area contributed by atoms with E-state index in [0.29, 0.717) is 23.8 Å². The number of rotatable bonds is 6. The Morgan fingerprint density at radius 3 is 2.65 bits per heavy atom. The highest BCUT2D eigenvalue weighted by atomic mass is 16.5. The lowest BCUT2D eigenvalue weighted by molar-refractivity contribution is 0.0952. The fourth-order valence-corrected chi connectivity index (χ4v) is 2.79. The van der Waals surface area contributed by atoms with Crippen LogP contribution in [0.25, 0.3) is 11.5 Å². The van der Waals surface area contributed by atoms with Gasteiger partial charge < -0.3 is 14.7 Å². The van der Waals surface area contributed by atoms with Crippen LogP contribution in [0.3, 0.4) is 0 Å². The van der Waals surface area contributed by atoms with Crippen LogP contribution in [0.4, 0.5) is 0 Å². The molecule has 1 aliphatic heterocycles. The highest BCUT2D eigenvalue weighted by Crippen LogP contribution is 2.17. The summed E-state index contributed by atoms with van der Waals surface area (Å²) >= 11 is 0. The lowest BCUT2D eigenvalue weighted by Crippen LogP contribution is -2.28. The lowest BCUT2D eigenvalue weighted by Gasteiger charge is -2.14. The van der Waals surface area contributed by atoms with Gasteiger partial charge in [-0.15, -0.1) is 0 Å². The van der Waals surface area contributed by atoms with Gasteiger partial charge in [0.2, 0.25) is 0 Å². The first-order valence-electron chi connectivity index (χ1n) is 8.14. The largest absolute Gasteiger partial charge is 0.352 e. The quantitative estimate of drug-likeness (QED) is 0.828. The summed E-state index contributed by atoms with van der Waals surface area (Å²) in [4.78, 5) is 18.7. The Hall–Kier alpha value is -2.21. The van der Waals surface area contributed by atoms with Gasteiger partial charge in [-0.2, -0.15) is 4.98 Å². The number of hydrogen-bond donors (Lipinski definition) is 1. The molecule has 1 aromatic carbocycles. The molecule has 6 nitrogen and oxygen atoms in total. The first-order chi connectivity index (χ1) is 11.2. The van der Waals surface area contributed by atoms with Gasteiger partial charge in [-0.25, -0.2) is 0 Å². The Labute approximate surface area is 135 Å². The Morgan fingerprint density at radius 1 is 1.26 bits per heavy atom. The Balaban J connectivity index is 1.47. The second kappa shape index (κ2) is 7.37. The van der Waals surface area contributed by atoms with Crippen molar-refractivity contribution >= 4 is 5.91 Å². The van der Waals surface area contributed by atoms with E-state index in [0.717, 1.165) is 18.5 Å². The molecule has 1 amide bonds. The van der Waals surface area contributed by atoms with E-state index in [9.17, 15) is 4.79 Å². The average molecular weight is 314 g/mol. The van der Waals surface area contributed by atoms with Crippen LogP contribution in [-0.4, -0.2) is 47.1 Å². The van der Waals surface area contributed by atoms with E-state index in [1.807, 2.05) is 12.1 Å². The molecule has 0 aliphatic carbocycles. The first-order valence-corrected chi connectivity index (χ1v) is 8.14. The zero-order chi connectivity index (χ0) is 16.1. The molecule has 0 unspecified atom stereocenters. The minimum Gasteiger partial charge on any atom is -0.352 e. The van der Waals surface area contributed by atoms with Crippen molar-refractivity contribution in [3.63, 3.8) is 0 Å². The summed E-state index contributed by atoms with van der Waals surface area (Å²) in [6.07, 6.45) is 3.60. The van der Waals surface area contributed by atoms with E-state index < -0.39 is 0 Å². The Kier molecular flexibility index (Phi) is 5.02. The minimum atomic E-state index is -0.0420. The Bertz CT molecular complexity index is 645. The van der Waals surface area contributed by atoms with Crippen molar-refractivity contribution in [2.24, 2.45) is 0 Å². The van der Waals surface area contributed by atoms with Crippen LogP contribution in [0.5, 0.6) is 0 Å². The first kappa shape index (κ1) is 15.7. The topological polar surface area (TPSA) is 71.3 Å². The van der Waals surface area contributed by atoms with Crippen LogP contribution >= 0.6 is 0 Å². The van der Waals surface area contributed by atoms with Crippen LogP contribution in [0.2, 0.25) is 0 Å². The zero-order valence-corrected chi connectivity index (χ0v) is 13.4. The Morgan fingerprint density at radius 2 is 2.00 bits per heavy atom. The third kappa shape index (κ3) is 4.16. The van der Waals surface area contributed by atoms with Gasteiger partial charge in [0.15, 0.2) is 5.82 Å². The predicted molar refractivity (Wildman–Crippen MR) is 87.1 cm³/mol. The highest BCUT2D eigenvalue weighted by molar-refractivity contribution is 5.94. The van der Waals surface area contributed by atoms with Crippen LogP contribution in [-0.2, 0) is 0 Å². The molecule has 1 N–H and O–H groups in total. The molecule has 6 heteroatoms. The number of carbonyl (C=O) groups is 1. The summed E-state index contributed by atoms with van der Waals surface area (Å²) in [5.41, 5.74) is 1.46. The molecule has 0 radical (unpaired) electrons. The van der Waals surface area contributed by atoms with E-state index in [4.69, 9.17) is 4.52 Å². The number of likely N-dealkylation sites (tertiary alicyclic amines) is 1. The number of hydrogen-bond acceptors (Lipinski definition) is 5. The molecule has 1 aromatic heterocycles. The fraction of sp³-hybridized carbons (Fsp3) is 0.471. The lowest BCUT2D eigenvalue weighted by atomic mass is 10.1. The van der Waals surface area contributed by atoms with Crippen molar-refractivity contribution in [2.75, 3.05) is 26.2 Å². The second-order valence-electron chi connectivity index (χ2n) is 5.88. The summed E-state index contributed by atoms with van der Waals surface area (Å²) in [6, 6.07) is 7.22. The van der Waals surface area contributed by atoms with E-state index in [-0.39, 0.29) is 5.91 Å². The molecular weight excluding hydrogens is 292 g/mol.